The first kappa shape index (κ1) is 26.7. The topological polar surface area (TPSA) is 66.4 Å². The Bertz CT molecular complexity index is 423. The quantitative estimate of drug-likeness (QED) is 0.196. The van der Waals surface area contributed by atoms with Crippen molar-refractivity contribution in [1.82, 2.24) is 0 Å². The van der Waals surface area contributed by atoms with Gasteiger partial charge >= 0.3 is 35.5 Å². The predicted octanol–water partition coefficient (Wildman–Crippen LogP) is 1.57. The molecule has 150 valence electrons. The largest absolute Gasteiger partial charge is 1.00 e. The fraction of sp³-hybridized carbons (Fsp3) is 0.818. The van der Waals surface area contributed by atoms with E-state index in [1.165, 1.54) is 38.5 Å². The maximum absolute atomic E-state index is 12.1. The van der Waals surface area contributed by atoms with Crippen molar-refractivity contribution in [1.29, 1.82) is 0 Å². The van der Waals surface area contributed by atoms with Crippen molar-refractivity contribution < 1.29 is 49.0 Å². The van der Waals surface area contributed by atoms with Crippen molar-refractivity contribution in [3.05, 3.63) is 12.2 Å². The smallest absolute Gasteiger partial charge is 0.550 e. The minimum Gasteiger partial charge on any atom is -0.550 e. The van der Waals surface area contributed by atoms with E-state index in [9.17, 15) is 14.7 Å². The summed E-state index contributed by atoms with van der Waals surface area (Å²) in [5, 5.41) is 11.1. The van der Waals surface area contributed by atoms with E-state index in [4.69, 9.17) is 4.74 Å². The van der Waals surface area contributed by atoms with Crippen LogP contribution < -0.4 is 34.7 Å². The minimum atomic E-state index is -1.11. The van der Waals surface area contributed by atoms with Gasteiger partial charge in [-0.15, -0.1) is 0 Å². The fourth-order valence-electron chi connectivity index (χ4n) is 3.62. The molecule has 1 saturated carbocycles. The normalized spacial score (nSPS) is 19.6. The summed E-state index contributed by atoms with van der Waals surface area (Å²) in [7, 11) is 0. The molecule has 0 saturated heterocycles. The van der Waals surface area contributed by atoms with Gasteiger partial charge in [0, 0.05) is 11.9 Å². The number of carbonyl (C=O) groups is 2. The molecule has 2 unspecified atom stereocenters. The van der Waals surface area contributed by atoms with Crippen LogP contribution in [0.25, 0.3) is 0 Å². The van der Waals surface area contributed by atoms with E-state index in [0.717, 1.165) is 38.5 Å². The Morgan fingerprint density at radius 1 is 0.889 bits per heavy atom. The Balaban J connectivity index is 0.00000676. The maximum Gasteiger partial charge on any atom is 1.00 e. The molecule has 0 bridgehead atoms. The van der Waals surface area contributed by atoms with Crippen molar-refractivity contribution in [2.45, 2.75) is 96.8 Å². The van der Waals surface area contributed by atoms with Crippen LogP contribution in [0.5, 0.6) is 0 Å². The molecular weight excluding hydrogens is 351 g/mol. The first-order chi connectivity index (χ1) is 12.7. The molecule has 2 atom stereocenters. The number of rotatable bonds is 14. The van der Waals surface area contributed by atoms with E-state index in [2.05, 4.69) is 19.1 Å². The third-order valence-corrected chi connectivity index (χ3v) is 5.27. The molecule has 0 amide bonds. The van der Waals surface area contributed by atoms with Crippen LogP contribution in [-0.2, 0) is 14.3 Å². The van der Waals surface area contributed by atoms with Crippen LogP contribution >= 0.6 is 0 Å². The monoisotopic (exact) mass is 388 g/mol. The zero-order valence-electron chi connectivity index (χ0n) is 17.5. The van der Waals surface area contributed by atoms with Gasteiger partial charge in [0.15, 0.2) is 0 Å². The summed E-state index contributed by atoms with van der Waals surface area (Å²) < 4.78 is 5.31. The average Bonchev–Trinajstić information content (AvgIpc) is 2.65. The molecule has 4 nitrogen and oxygen atoms in total. The van der Waals surface area contributed by atoms with Crippen LogP contribution in [0.2, 0.25) is 0 Å². The predicted molar refractivity (Wildman–Crippen MR) is 102 cm³/mol. The van der Waals surface area contributed by atoms with Crippen molar-refractivity contribution in [3.63, 3.8) is 0 Å². The van der Waals surface area contributed by atoms with E-state index >= 15 is 0 Å². The van der Waals surface area contributed by atoms with Crippen LogP contribution in [0, 0.1) is 11.8 Å². The third-order valence-electron chi connectivity index (χ3n) is 5.27. The number of aliphatic carboxylic acids is 1. The molecule has 0 aromatic rings. The number of carboxylic acid groups (broad SMARTS) is 1. The standard InChI is InChI=1S/C22H38O4.Na/c1-2-3-4-5-6-7-8-9-10-11-12-15-18-26-22(25)20-17-14-13-16-19(20)21(23)24;/h6-7,19-20H,2-5,8-18H2,1H3,(H,23,24);/q;+1/p-1/b7-6+;. The first-order valence-corrected chi connectivity index (χ1v) is 10.7. The number of ether oxygens (including phenoxy) is 1. The molecule has 0 N–H and O–H groups in total. The summed E-state index contributed by atoms with van der Waals surface area (Å²) in [6.07, 6.45) is 19.3. The van der Waals surface area contributed by atoms with E-state index < -0.39 is 17.8 Å². The molecule has 0 radical (unpaired) electrons. The van der Waals surface area contributed by atoms with Gasteiger partial charge in [-0.05, 0) is 44.9 Å². The molecule has 0 aromatic heterocycles. The second-order valence-electron chi connectivity index (χ2n) is 7.51. The molecule has 0 spiro atoms. The van der Waals surface area contributed by atoms with Crippen molar-refractivity contribution in [3.8, 4) is 0 Å². The Kier molecular flexibility index (Phi) is 17.5. The van der Waals surface area contributed by atoms with E-state index in [1.54, 1.807) is 0 Å². The Morgan fingerprint density at radius 2 is 1.44 bits per heavy atom. The molecule has 1 aliphatic rings. The average molecular weight is 389 g/mol. The molecule has 5 heteroatoms. The number of carbonyl (C=O) groups excluding carboxylic acids is 2. The van der Waals surface area contributed by atoms with E-state index in [1.807, 2.05) is 0 Å². The summed E-state index contributed by atoms with van der Waals surface area (Å²) in [6, 6.07) is 0. The summed E-state index contributed by atoms with van der Waals surface area (Å²) in [6.45, 7) is 2.64. The third kappa shape index (κ3) is 12.7. The Labute approximate surface area is 187 Å². The molecular formula is C22H37NaO4. The van der Waals surface area contributed by atoms with E-state index in [0.29, 0.717) is 19.4 Å². The molecule has 1 aliphatic carbocycles. The van der Waals surface area contributed by atoms with Gasteiger partial charge in [0.25, 0.3) is 0 Å². The zero-order chi connectivity index (χ0) is 19.0. The van der Waals surface area contributed by atoms with Gasteiger partial charge in [0.2, 0.25) is 0 Å². The summed E-state index contributed by atoms with van der Waals surface area (Å²) >= 11 is 0. The summed E-state index contributed by atoms with van der Waals surface area (Å²) in [5.41, 5.74) is 0. The molecule has 1 rings (SSSR count). The first-order valence-electron chi connectivity index (χ1n) is 10.7. The SMILES string of the molecule is CCCCC/C=C/CCCCCCCOC(=O)C1CCCCC1C(=O)[O-].[Na+]. The number of carboxylic acids is 1. The van der Waals surface area contributed by atoms with Crippen LogP contribution in [0.15, 0.2) is 12.2 Å². The second kappa shape index (κ2) is 17.8. The number of hydrogen-bond acceptors (Lipinski definition) is 4. The Morgan fingerprint density at radius 3 is 2.07 bits per heavy atom. The van der Waals surface area contributed by atoms with Crippen LogP contribution in [0.3, 0.4) is 0 Å². The van der Waals surface area contributed by atoms with Gasteiger partial charge in [0.1, 0.15) is 0 Å². The number of esters is 1. The van der Waals surface area contributed by atoms with Crippen molar-refractivity contribution in [2.75, 3.05) is 6.61 Å². The fourth-order valence-corrected chi connectivity index (χ4v) is 3.62. The molecule has 0 aliphatic heterocycles. The number of unbranched alkanes of at least 4 members (excludes halogenated alkanes) is 8. The number of hydrogen-bond donors (Lipinski definition) is 0. The van der Waals surface area contributed by atoms with Crippen LogP contribution in [0.1, 0.15) is 96.8 Å². The van der Waals surface area contributed by atoms with Gasteiger partial charge in [0.05, 0.1) is 12.5 Å². The molecule has 0 heterocycles. The van der Waals surface area contributed by atoms with Crippen LogP contribution in [-0.4, -0.2) is 18.5 Å². The maximum atomic E-state index is 12.1. The van der Waals surface area contributed by atoms with Gasteiger partial charge in [-0.2, -0.15) is 0 Å². The minimum absolute atomic E-state index is 0. The van der Waals surface area contributed by atoms with Crippen molar-refractivity contribution >= 4 is 11.9 Å². The summed E-state index contributed by atoms with van der Waals surface area (Å²) in [5.74, 6) is -2.61. The van der Waals surface area contributed by atoms with Crippen LogP contribution in [0.4, 0.5) is 0 Å². The number of allylic oxidation sites excluding steroid dienone is 2. The van der Waals surface area contributed by atoms with Gasteiger partial charge in [-0.25, -0.2) is 0 Å². The van der Waals surface area contributed by atoms with Gasteiger partial charge in [-0.1, -0.05) is 64.0 Å². The van der Waals surface area contributed by atoms with Gasteiger partial charge in [-0.3, -0.25) is 4.79 Å². The molecule has 27 heavy (non-hydrogen) atoms. The van der Waals surface area contributed by atoms with E-state index in [-0.39, 0.29) is 35.5 Å². The molecule has 1 fully saturated rings. The summed E-state index contributed by atoms with van der Waals surface area (Å²) in [4.78, 5) is 23.2. The Hall–Kier alpha value is -0.320. The van der Waals surface area contributed by atoms with Gasteiger partial charge < -0.3 is 14.6 Å². The second-order valence-corrected chi connectivity index (χ2v) is 7.51. The zero-order valence-corrected chi connectivity index (χ0v) is 19.5. The van der Waals surface area contributed by atoms with Crippen molar-refractivity contribution in [2.24, 2.45) is 11.8 Å². The molecule has 0 aromatic carbocycles.